The van der Waals surface area contributed by atoms with Crippen LogP contribution < -0.4 is 5.32 Å². The molecule has 1 atom stereocenters. The minimum Gasteiger partial charge on any atom is -0.319 e. The maximum absolute atomic E-state index is 12.0. The standard InChI is InChI=1S/C10H25N3O2S/c1-6-13(10(2)9-12(4)5)16(14,15)8-7-11-3/h10-11H,6-9H2,1-5H3. The fourth-order valence-corrected chi connectivity index (χ4v) is 3.46. The molecular weight excluding hydrogens is 226 g/mol. The van der Waals surface area contributed by atoms with Gasteiger partial charge >= 0.3 is 0 Å². The predicted molar refractivity (Wildman–Crippen MR) is 68.1 cm³/mol. The van der Waals surface area contributed by atoms with Crippen LogP contribution in [0.1, 0.15) is 13.8 Å². The van der Waals surface area contributed by atoms with Crippen LogP contribution in [0.2, 0.25) is 0 Å². The number of nitrogens with zero attached hydrogens (tertiary/aromatic N) is 2. The summed E-state index contributed by atoms with van der Waals surface area (Å²) in [6.07, 6.45) is 0. The van der Waals surface area contributed by atoms with Gasteiger partial charge in [-0.25, -0.2) is 8.42 Å². The van der Waals surface area contributed by atoms with Crippen LogP contribution >= 0.6 is 0 Å². The van der Waals surface area contributed by atoms with Crippen LogP contribution in [-0.2, 0) is 10.0 Å². The molecule has 0 saturated carbocycles. The zero-order valence-corrected chi connectivity index (χ0v) is 11.8. The van der Waals surface area contributed by atoms with E-state index >= 15 is 0 Å². The third-order valence-corrected chi connectivity index (χ3v) is 4.45. The second-order valence-electron chi connectivity index (χ2n) is 4.23. The van der Waals surface area contributed by atoms with E-state index in [2.05, 4.69) is 5.32 Å². The van der Waals surface area contributed by atoms with Gasteiger partial charge in [0.2, 0.25) is 10.0 Å². The lowest BCUT2D eigenvalue weighted by atomic mass is 10.3. The van der Waals surface area contributed by atoms with E-state index in [1.807, 2.05) is 32.8 Å². The first kappa shape index (κ1) is 15.8. The number of nitrogens with one attached hydrogen (secondary N) is 1. The molecule has 0 aromatic rings. The van der Waals surface area contributed by atoms with Gasteiger partial charge in [-0.2, -0.15) is 4.31 Å². The first-order valence-electron chi connectivity index (χ1n) is 5.64. The Kier molecular flexibility index (Phi) is 7.14. The maximum atomic E-state index is 12.0. The third kappa shape index (κ3) is 5.25. The van der Waals surface area contributed by atoms with Crippen molar-refractivity contribution in [2.24, 2.45) is 0 Å². The summed E-state index contributed by atoms with van der Waals surface area (Å²) < 4.78 is 25.6. The molecular formula is C10H25N3O2S. The minimum absolute atomic E-state index is 0.0156. The smallest absolute Gasteiger partial charge is 0.215 e. The van der Waals surface area contributed by atoms with Crippen molar-refractivity contribution in [2.75, 3.05) is 46.5 Å². The second-order valence-corrected chi connectivity index (χ2v) is 6.28. The quantitative estimate of drug-likeness (QED) is 0.649. The van der Waals surface area contributed by atoms with Crippen molar-refractivity contribution in [3.63, 3.8) is 0 Å². The number of likely N-dealkylation sites (N-methyl/N-ethyl adjacent to an activating group) is 2. The zero-order valence-electron chi connectivity index (χ0n) is 11.0. The van der Waals surface area contributed by atoms with Crippen molar-refractivity contribution in [1.82, 2.24) is 14.5 Å². The summed E-state index contributed by atoms with van der Waals surface area (Å²) in [5.41, 5.74) is 0. The molecule has 5 nitrogen and oxygen atoms in total. The lowest BCUT2D eigenvalue weighted by molar-refractivity contribution is 0.271. The van der Waals surface area contributed by atoms with Crippen molar-refractivity contribution in [3.8, 4) is 0 Å². The average molecular weight is 251 g/mol. The Morgan fingerprint density at radius 2 is 1.88 bits per heavy atom. The summed E-state index contributed by atoms with van der Waals surface area (Å²) in [7, 11) is 2.52. The monoisotopic (exact) mass is 251 g/mol. The molecule has 98 valence electrons. The molecule has 0 spiro atoms. The van der Waals surface area contributed by atoms with Gasteiger partial charge in [0.05, 0.1) is 5.75 Å². The van der Waals surface area contributed by atoms with Crippen molar-refractivity contribution in [1.29, 1.82) is 0 Å². The Balaban J connectivity index is 4.57. The van der Waals surface area contributed by atoms with Crippen molar-refractivity contribution in [3.05, 3.63) is 0 Å². The van der Waals surface area contributed by atoms with Crippen LogP contribution in [0.5, 0.6) is 0 Å². The molecule has 1 unspecified atom stereocenters. The van der Waals surface area contributed by atoms with Crippen molar-refractivity contribution in [2.45, 2.75) is 19.9 Å². The van der Waals surface area contributed by atoms with E-state index in [4.69, 9.17) is 0 Å². The zero-order chi connectivity index (χ0) is 12.8. The lowest BCUT2D eigenvalue weighted by Crippen LogP contribution is -2.45. The second kappa shape index (κ2) is 7.21. The summed E-state index contributed by atoms with van der Waals surface area (Å²) in [5, 5.41) is 2.87. The summed E-state index contributed by atoms with van der Waals surface area (Å²) in [6, 6.07) is 0.0156. The summed E-state index contributed by atoms with van der Waals surface area (Å²) >= 11 is 0. The first-order chi connectivity index (χ1) is 7.35. The molecule has 0 aromatic carbocycles. The van der Waals surface area contributed by atoms with Crippen LogP contribution in [-0.4, -0.2) is 70.2 Å². The van der Waals surface area contributed by atoms with E-state index in [0.717, 1.165) is 6.54 Å². The Labute approximate surface area is 99.9 Å². The number of hydrogen-bond donors (Lipinski definition) is 1. The maximum Gasteiger partial charge on any atom is 0.215 e. The van der Waals surface area contributed by atoms with Gasteiger partial charge < -0.3 is 10.2 Å². The van der Waals surface area contributed by atoms with Crippen LogP contribution in [0.4, 0.5) is 0 Å². The highest BCUT2D eigenvalue weighted by molar-refractivity contribution is 7.89. The number of sulfonamides is 1. The summed E-state index contributed by atoms with van der Waals surface area (Å²) in [5.74, 6) is 0.162. The largest absolute Gasteiger partial charge is 0.319 e. The number of rotatable bonds is 8. The van der Waals surface area contributed by atoms with Crippen molar-refractivity contribution >= 4 is 10.0 Å². The lowest BCUT2D eigenvalue weighted by Gasteiger charge is -2.29. The molecule has 0 bridgehead atoms. The number of hydrogen-bond acceptors (Lipinski definition) is 4. The molecule has 0 fully saturated rings. The molecule has 16 heavy (non-hydrogen) atoms. The van der Waals surface area contributed by atoms with E-state index in [-0.39, 0.29) is 11.8 Å². The highest BCUT2D eigenvalue weighted by Crippen LogP contribution is 2.08. The highest BCUT2D eigenvalue weighted by atomic mass is 32.2. The topological polar surface area (TPSA) is 52.7 Å². The molecule has 0 heterocycles. The van der Waals surface area contributed by atoms with Crippen LogP contribution in [0.15, 0.2) is 0 Å². The van der Waals surface area contributed by atoms with E-state index in [1.165, 1.54) is 0 Å². The van der Waals surface area contributed by atoms with Gasteiger partial charge in [-0.05, 0) is 28.1 Å². The van der Waals surface area contributed by atoms with Crippen LogP contribution in [0, 0.1) is 0 Å². The molecule has 1 N–H and O–H groups in total. The fourth-order valence-electron chi connectivity index (χ4n) is 1.75. The first-order valence-corrected chi connectivity index (χ1v) is 7.25. The highest BCUT2D eigenvalue weighted by Gasteiger charge is 2.25. The van der Waals surface area contributed by atoms with Gasteiger partial charge in [0.1, 0.15) is 0 Å². The van der Waals surface area contributed by atoms with Crippen molar-refractivity contribution < 1.29 is 8.42 Å². The third-order valence-electron chi connectivity index (χ3n) is 2.40. The molecule has 0 amide bonds. The summed E-state index contributed by atoms with van der Waals surface area (Å²) in [4.78, 5) is 2.00. The Morgan fingerprint density at radius 3 is 2.25 bits per heavy atom. The molecule has 0 radical (unpaired) electrons. The van der Waals surface area contributed by atoms with Gasteiger partial charge in [0, 0.05) is 25.7 Å². The SMILES string of the molecule is CCN(C(C)CN(C)C)S(=O)(=O)CCNC. The van der Waals surface area contributed by atoms with E-state index in [9.17, 15) is 8.42 Å². The van der Waals surface area contributed by atoms with E-state index < -0.39 is 10.0 Å². The molecule has 0 aromatic heterocycles. The van der Waals surface area contributed by atoms with Gasteiger partial charge in [-0.3, -0.25) is 0 Å². The minimum atomic E-state index is -3.14. The molecule has 0 rings (SSSR count). The Morgan fingerprint density at radius 1 is 1.31 bits per heavy atom. The molecule has 6 heteroatoms. The molecule has 0 saturated heterocycles. The molecule has 0 aliphatic heterocycles. The van der Waals surface area contributed by atoms with Gasteiger partial charge in [-0.15, -0.1) is 0 Å². The predicted octanol–water partition coefficient (Wildman–Crippen LogP) is -0.192. The fraction of sp³-hybridized carbons (Fsp3) is 1.00. The normalized spacial score (nSPS) is 14.7. The Bertz CT molecular complexity index is 278. The van der Waals surface area contributed by atoms with Gasteiger partial charge in [0.15, 0.2) is 0 Å². The molecule has 0 aliphatic carbocycles. The van der Waals surface area contributed by atoms with Crippen LogP contribution in [0.3, 0.4) is 0 Å². The summed E-state index contributed by atoms with van der Waals surface area (Å²) in [6.45, 7) is 5.59. The average Bonchev–Trinajstić information content (AvgIpc) is 2.14. The van der Waals surface area contributed by atoms with E-state index in [0.29, 0.717) is 13.1 Å². The molecule has 0 aliphatic rings. The van der Waals surface area contributed by atoms with Gasteiger partial charge in [-0.1, -0.05) is 6.92 Å². The Hall–Kier alpha value is -0.170. The van der Waals surface area contributed by atoms with Gasteiger partial charge in [0.25, 0.3) is 0 Å². The van der Waals surface area contributed by atoms with Crippen LogP contribution in [0.25, 0.3) is 0 Å². The van der Waals surface area contributed by atoms with E-state index in [1.54, 1.807) is 11.4 Å².